The van der Waals surface area contributed by atoms with E-state index in [2.05, 4.69) is 33.2 Å². The van der Waals surface area contributed by atoms with Gasteiger partial charge in [0.2, 0.25) is 0 Å². The molecule has 0 aliphatic heterocycles. The Morgan fingerprint density at radius 3 is 3.12 bits per heavy atom. The Morgan fingerprint density at radius 2 is 2.38 bits per heavy atom. The molecule has 0 spiro atoms. The van der Waals surface area contributed by atoms with Gasteiger partial charge in [0.1, 0.15) is 0 Å². The van der Waals surface area contributed by atoms with Crippen molar-refractivity contribution in [1.29, 1.82) is 0 Å². The molecule has 4 heteroatoms. The molecule has 86 valence electrons. The molecule has 0 saturated carbocycles. The third kappa shape index (κ3) is 2.33. The van der Waals surface area contributed by atoms with Crippen LogP contribution >= 0.6 is 11.3 Å². The fourth-order valence-corrected chi connectivity index (χ4v) is 2.77. The summed E-state index contributed by atoms with van der Waals surface area (Å²) in [6, 6.07) is 2.22. The first kappa shape index (κ1) is 11.4. The van der Waals surface area contributed by atoms with Crippen molar-refractivity contribution in [2.24, 2.45) is 0 Å². The molecule has 0 aliphatic rings. The number of imidazole rings is 1. The highest BCUT2D eigenvalue weighted by Gasteiger charge is 2.06. The number of thiophene rings is 1. The third-order valence-corrected chi connectivity index (χ3v) is 3.64. The van der Waals surface area contributed by atoms with Gasteiger partial charge in [-0.15, -0.1) is 11.3 Å². The van der Waals surface area contributed by atoms with Crippen molar-refractivity contribution in [3.8, 4) is 0 Å². The molecule has 0 unspecified atom stereocenters. The normalized spacial score (nSPS) is 10.9. The molecular formula is C12H17N3S. The van der Waals surface area contributed by atoms with Crippen molar-refractivity contribution in [2.75, 3.05) is 7.05 Å². The van der Waals surface area contributed by atoms with Gasteiger partial charge in [0.15, 0.2) is 0 Å². The maximum absolute atomic E-state index is 4.20. The lowest BCUT2D eigenvalue weighted by molar-refractivity contribution is 0.695. The van der Waals surface area contributed by atoms with Gasteiger partial charge in [-0.1, -0.05) is 6.92 Å². The molecule has 2 rings (SSSR count). The van der Waals surface area contributed by atoms with Gasteiger partial charge in [-0.05, 0) is 30.5 Å². The summed E-state index contributed by atoms with van der Waals surface area (Å²) in [6.45, 7) is 4.01. The van der Waals surface area contributed by atoms with Gasteiger partial charge >= 0.3 is 0 Å². The molecule has 0 aliphatic carbocycles. The standard InChI is InChI=1S/C12H17N3S/c1-3-10-4-5-16-12(10)8-15-9-14-7-11(15)6-13-2/h4-5,7,9,13H,3,6,8H2,1-2H3. The molecule has 0 aromatic carbocycles. The van der Waals surface area contributed by atoms with Crippen molar-refractivity contribution >= 4 is 11.3 Å². The van der Waals surface area contributed by atoms with Gasteiger partial charge in [-0.25, -0.2) is 4.98 Å². The van der Waals surface area contributed by atoms with Crippen molar-refractivity contribution in [3.63, 3.8) is 0 Å². The minimum atomic E-state index is 0.868. The molecule has 2 heterocycles. The molecule has 1 N–H and O–H groups in total. The van der Waals surface area contributed by atoms with Gasteiger partial charge in [-0.3, -0.25) is 0 Å². The van der Waals surface area contributed by atoms with E-state index in [9.17, 15) is 0 Å². The van der Waals surface area contributed by atoms with E-state index in [0.29, 0.717) is 0 Å². The lowest BCUT2D eigenvalue weighted by Crippen LogP contribution is -2.11. The SMILES string of the molecule is CCc1ccsc1Cn1cncc1CNC. The molecule has 0 bridgehead atoms. The van der Waals surface area contributed by atoms with Gasteiger partial charge < -0.3 is 9.88 Å². The lowest BCUT2D eigenvalue weighted by atomic mass is 10.2. The van der Waals surface area contributed by atoms with Crippen LogP contribution in [-0.4, -0.2) is 16.6 Å². The van der Waals surface area contributed by atoms with Crippen molar-refractivity contribution in [1.82, 2.24) is 14.9 Å². The van der Waals surface area contributed by atoms with Crippen LogP contribution in [-0.2, 0) is 19.5 Å². The number of aromatic nitrogens is 2. The molecule has 3 nitrogen and oxygen atoms in total. The topological polar surface area (TPSA) is 29.9 Å². The van der Waals surface area contributed by atoms with Gasteiger partial charge in [-0.2, -0.15) is 0 Å². The van der Waals surface area contributed by atoms with Gasteiger partial charge in [0.25, 0.3) is 0 Å². The summed E-state index contributed by atoms with van der Waals surface area (Å²) in [6.07, 6.45) is 4.94. The predicted molar refractivity (Wildman–Crippen MR) is 67.8 cm³/mol. The Hall–Kier alpha value is -1.13. The van der Waals surface area contributed by atoms with Crippen molar-refractivity contribution in [3.05, 3.63) is 40.1 Å². The Balaban J connectivity index is 2.17. The fourth-order valence-electron chi connectivity index (χ4n) is 1.79. The van der Waals surface area contributed by atoms with Gasteiger partial charge in [0.05, 0.1) is 18.6 Å². The van der Waals surface area contributed by atoms with Crippen LogP contribution in [0.2, 0.25) is 0 Å². The summed E-state index contributed by atoms with van der Waals surface area (Å²) in [5.74, 6) is 0. The second-order valence-corrected chi connectivity index (χ2v) is 4.77. The molecule has 0 fully saturated rings. The average molecular weight is 235 g/mol. The molecular weight excluding hydrogens is 218 g/mol. The Labute approximate surface area is 100 Å². The highest BCUT2D eigenvalue weighted by Crippen LogP contribution is 2.19. The molecule has 0 atom stereocenters. The zero-order chi connectivity index (χ0) is 11.4. The lowest BCUT2D eigenvalue weighted by Gasteiger charge is -2.07. The number of rotatable bonds is 5. The predicted octanol–water partition coefficient (Wildman–Crippen LogP) is 2.27. The number of nitrogens with zero attached hydrogens (tertiary/aromatic N) is 2. The van der Waals surface area contributed by atoms with Gasteiger partial charge in [0, 0.05) is 17.6 Å². The largest absolute Gasteiger partial charge is 0.328 e. The monoisotopic (exact) mass is 235 g/mol. The quantitative estimate of drug-likeness (QED) is 0.861. The van der Waals surface area contributed by atoms with Crippen LogP contribution in [0.5, 0.6) is 0 Å². The number of hydrogen-bond acceptors (Lipinski definition) is 3. The van der Waals surface area contributed by atoms with Crippen LogP contribution in [0.4, 0.5) is 0 Å². The Morgan fingerprint density at radius 1 is 1.50 bits per heavy atom. The van der Waals surface area contributed by atoms with Crippen LogP contribution < -0.4 is 5.32 Å². The summed E-state index contributed by atoms with van der Waals surface area (Å²) in [5, 5.41) is 5.33. The van der Waals surface area contributed by atoms with Crippen LogP contribution in [0.25, 0.3) is 0 Å². The maximum Gasteiger partial charge on any atom is 0.0952 e. The second-order valence-electron chi connectivity index (χ2n) is 3.77. The van der Waals surface area contributed by atoms with Crippen molar-refractivity contribution < 1.29 is 0 Å². The van der Waals surface area contributed by atoms with Crippen molar-refractivity contribution in [2.45, 2.75) is 26.4 Å². The molecule has 2 aromatic heterocycles. The highest BCUT2D eigenvalue weighted by molar-refractivity contribution is 7.10. The summed E-state index contributed by atoms with van der Waals surface area (Å²) < 4.78 is 2.21. The van der Waals surface area contributed by atoms with E-state index in [1.807, 2.05) is 30.9 Å². The molecule has 0 amide bonds. The number of aryl methyl sites for hydroxylation is 1. The first-order chi connectivity index (χ1) is 7.85. The smallest absolute Gasteiger partial charge is 0.0952 e. The van der Waals surface area contributed by atoms with Crippen LogP contribution in [0.1, 0.15) is 23.1 Å². The molecule has 0 radical (unpaired) electrons. The minimum absolute atomic E-state index is 0.868. The van der Waals surface area contributed by atoms with E-state index in [4.69, 9.17) is 0 Å². The number of hydrogen-bond donors (Lipinski definition) is 1. The Kier molecular flexibility index (Phi) is 3.74. The number of nitrogens with one attached hydrogen (secondary N) is 1. The zero-order valence-electron chi connectivity index (χ0n) is 9.73. The maximum atomic E-state index is 4.20. The molecule has 0 saturated heterocycles. The first-order valence-corrected chi connectivity index (χ1v) is 6.42. The summed E-state index contributed by atoms with van der Waals surface area (Å²) in [7, 11) is 1.96. The van der Waals surface area contributed by atoms with E-state index >= 15 is 0 Å². The average Bonchev–Trinajstić information content (AvgIpc) is 2.89. The summed E-state index contributed by atoms with van der Waals surface area (Å²) >= 11 is 1.83. The Bertz CT molecular complexity index is 445. The zero-order valence-corrected chi connectivity index (χ0v) is 10.5. The van der Waals surface area contributed by atoms with E-state index in [1.165, 1.54) is 16.1 Å². The second kappa shape index (κ2) is 5.27. The van der Waals surface area contributed by atoms with E-state index in [-0.39, 0.29) is 0 Å². The van der Waals surface area contributed by atoms with Crippen LogP contribution in [0.3, 0.4) is 0 Å². The molecule has 16 heavy (non-hydrogen) atoms. The third-order valence-electron chi connectivity index (χ3n) is 2.69. The van der Waals surface area contributed by atoms with E-state index < -0.39 is 0 Å². The highest BCUT2D eigenvalue weighted by atomic mass is 32.1. The summed E-state index contributed by atoms with van der Waals surface area (Å²) in [5.41, 5.74) is 2.69. The fraction of sp³-hybridized carbons (Fsp3) is 0.417. The minimum Gasteiger partial charge on any atom is -0.328 e. The summed E-state index contributed by atoms with van der Waals surface area (Å²) in [4.78, 5) is 5.65. The van der Waals surface area contributed by atoms with Crippen LogP contribution in [0.15, 0.2) is 24.0 Å². The molecule has 2 aromatic rings. The van der Waals surface area contributed by atoms with E-state index in [1.54, 1.807) is 0 Å². The first-order valence-electron chi connectivity index (χ1n) is 5.54. The van der Waals surface area contributed by atoms with E-state index in [0.717, 1.165) is 19.5 Å². The van der Waals surface area contributed by atoms with Crippen LogP contribution in [0, 0.1) is 0 Å².